The van der Waals surface area contributed by atoms with E-state index >= 15 is 0 Å². The minimum Gasteiger partial charge on any atom is -0.480 e. The van der Waals surface area contributed by atoms with Gasteiger partial charge in [0.05, 0.1) is 6.04 Å². The molecule has 4 amide bonds. The van der Waals surface area contributed by atoms with Crippen LogP contribution in [0.1, 0.15) is 30.4 Å². The third kappa shape index (κ3) is 11.5. The zero-order valence-electron chi connectivity index (χ0n) is 22.4. The first-order valence-corrected chi connectivity index (χ1v) is 14.2. The first-order chi connectivity index (χ1) is 19.1. The SMILES string of the molecule is CSCCC(NC(=O)C(Cc1ccccc1)NC(=O)C(N)Cc1ccccc1)C(=O)NC(CCC(N)=O)C(=O)O. The Hall–Kier alpha value is -3.90. The number of primary amides is 1. The van der Waals surface area contributed by atoms with Gasteiger partial charge in [-0.3, -0.25) is 19.2 Å². The fourth-order valence-electron chi connectivity index (χ4n) is 3.89. The van der Waals surface area contributed by atoms with E-state index in [0.717, 1.165) is 11.1 Å². The fraction of sp³-hybridized carbons (Fsp3) is 0.393. The molecule has 216 valence electrons. The van der Waals surface area contributed by atoms with Gasteiger partial charge in [-0.1, -0.05) is 60.7 Å². The largest absolute Gasteiger partial charge is 0.480 e. The standard InChI is InChI=1S/C28H37N5O6S/c1-40-15-14-21(26(36)32-22(28(38)39)12-13-24(30)34)31-27(37)23(17-19-10-6-3-7-11-19)33-25(35)20(29)16-18-8-4-2-5-9-18/h2-11,20-23H,12-17,29H2,1H3,(H2,30,34)(H,31,37)(H,32,36)(H,33,35)(H,38,39). The summed E-state index contributed by atoms with van der Waals surface area (Å²) in [6, 6.07) is 13.9. The number of carboxylic acid groups (broad SMARTS) is 1. The van der Waals surface area contributed by atoms with Gasteiger partial charge in [-0.25, -0.2) is 4.79 Å². The summed E-state index contributed by atoms with van der Waals surface area (Å²) < 4.78 is 0. The van der Waals surface area contributed by atoms with Crippen molar-refractivity contribution < 1.29 is 29.1 Å². The highest BCUT2D eigenvalue weighted by molar-refractivity contribution is 7.98. The Morgan fingerprint density at radius 1 is 0.750 bits per heavy atom. The first kappa shape index (κ1) is 32.3. The number of hydrogen-bond acceptors (Lipinski definition) is 7. The summed E-state index contributed by atoms with van der Waals surface area (Å²) in [5.74, 6) is -3.39. The van der Waals surface area contributed by atoms with Gasteiger partial charge in [0.15, 0.2) is 0 Å². The van der Waals surface area contributed by atoms with Gasteiger partial charge < -0.3 is 32.5 Å². The van der Waals surface area contributed by atoms with E-state index in [2.05, 4.69) is 16.0 Å². The third-order valence-corrected chi connectivity index (χ3v) is 6.73. The minimum atomic E-state index is -1.36. The lowest BCUT2D eigenvalue weighted by Gasteiger charge is -2.25. The number of nitrogens with two attached hydrogens (primary N) is 2. The third-order valence-electron chi connectivity index (χ3n) is 6.09. The second-order valence-corrected chi connectivity index (χ2v) is 10.3. The van der Waals surface area contributed by atoms with E-state index in [1.54, 1.807) is 12.1 Å². The molecule has 4 unspecified atom stereocenters. The Morgan fingerprint density at radius 2 is 1.25 bits per heavy atom. The van der Waals surface area contributed by atoms with Crippen molar-refractivity contribution in [2.75, 3.05) is 12.0 Å². The van der Waals surface area contributed by atoms with Gasteiger partial charge in [-0.15, -0.1) is 0 Å². The molecule has 0 spiro atoms. The Kier molecular flexibility index (Phi) is 13.7. The van der Waals surface area contributed by atoms with E-state index in [9.17, 15) is 29.1 Å². The maximum Gasteiger partial charge on any atom is 0.326 e. The molecule has 12 heteroatoms. The summed E-state index contributed by atoms with van der Waals surface area (Å²) in [6.45, 7) is 0. The van der Waals surface area contributed by atoms with Crippen molar-refractivity contribution in [3.63, 3.8) is 0 Å². The topological polar surface area (TPSA) is 194 Å². The smallest absolute Gasteiger partial charge is 0.326 e. The van der Waals surface area contributed by atoms with Crippen LogP contribution in [0.5, 0.6) is 0 Å². The molecule has 0 aliphatic rings. The predicted octanol–water partition coefficient (Wildman–Crippen LogP) is 0.357. The maximum atomic E-state index is 13.4. The monoisotopic (exact) mass is 571 g/mol. The highest BCUT2D eigenvalue weighted by Gasteiger charge is 2.30. The van der Waals surface area contributed by atoms with Crippen LogP contribution in [0.4, 0.5) is 0 Å². The zero-order valence-corrected chi connectivity index (χ0v) is 23.2. The molecule has 8 N–H and O–H groups in total. The molecule has 0 fully saturated rings. The molecule has 0 radical (unpaired) electrons. The van der Waals surface area contributed by atoms with Crippen LogP contribution in [-0.4, -0.2) is 70.9 Å². The van der Waals surface area contributed by atoms with E-state index in [1.807, 2.05) is 54.8 Å². The molecule has 2 aromatic rings. The summed E-state index contributed by atoms with van der Waals surface area (Å²) in [7, 11) is 0. The van der Waals surface area contributed by atoms with Gasteiger partial charge in [-0.2, -0.15) is 11.8 Å². The lowest BCUT2D eigenvalue weighted by molar-refractivity contribution is -0.142. The normalized spacial score (nSPS) is 13.8. The lowest BCUT2D eigenvalue weighted by Crippen LogP contribution is -2.58. The number of carboxylic acids is 1. The van der Waals surface area contributed by atoms with Crippen molar-refractivity contribution in [2.45, 2.75) is 56.3 Å². The van der Waals surface area contributed by atoms with E-state index < -0.39 is 53.8 Å². The van der Waals surface area contributed by atoms with Gasteiger partial charge in [0.1, 0.15) is 18.1 Å². The Bertz CT molecular complexity index is 1130. The van der Waals surface area contributed by atoms with Crippen molar-refractivity contribution in [1.82, 2.24) is 16.0 Å². The van der Waals surface area contributed by atoms with Crippen LogP contribution >= 0.6 is 11.8 Å². The van der Waals surface area contributed by atoms with E-state index in [0.29, 0.717) is 5.75 Å². The second-order valence-electron chi connectivity index (χ2n) is 9.29. The van der Waals surface area contributed by atoms with Crippen LogP contribution in [0, 0.1) is 0 Å². The number of amides is 4. The number of carbonyl (C=O) groups is 5. The molecule has 0 bridgehead atoms. The molecular formula is C28H37N5O6S. The molecule has 4 atom stereocenters. The van der Waals surface area contributed by atoms with Gasteiger partial charge in [0.2, 0.25) is 23.6 Å². The molecule has 2 rings (SSSR count). The number of aliphatic carboxylic acids is 1. The van der Waals surface area contributed by atoms with Crippen LogP contribution in [0.2, 0.25) is 0 Å². The first-order valence-electron chi connectivity index (χ1n) is 12.8. The van der Waals surface area contributed by atoms with Gasteiger partial charge in [0.25, 0.3) is 0 Å². The molecule has 0 saturated heterocycles. The number of thioether (sulfide) groups is 1. The van der Waals surface area contributed by atoms with Gasteiger partial charge in [-0.05, 0) is 42.4 Å². The van der Waals surface area contributed by atoms with Crippen LogP contribution < -0.4 is 27.4 Å². The number of carbonyl (C=O) groups excluding carboxylic acids is 4. The molecule has 0 heterocycles. The Morgan fingerprint density at radius 3 is 1.77 bits per heavy atom. The molecule has 0 saturated carbocycles. The number of benzene rings is 2. The summed E-state index contributed by atoms with van der Waals surface area (Å²) in [4.78, 5) is 62.2. The molecule has 40 heavy (non-hydrogen) atoms. The molecule has 0 aliphatic carbocycles. The van der Waals surface area contributed by atoms with E-state index in [4.69, 9.17) is 11.5 Å². The van der Waals surface area contributed by atoms with Gasteiger partial charge in [0, 0.05) is 12.8 Å². The van der Waals surface area contributed by atoms with Gasteiger partial charge >= 0.3 is 5.97 Å². The zero-order chi connectivity index (χ0) is 29.5. The van der Waals surface area contributed by atoms with E-state index in [-0.39, 0.29) is 32.1 Å². The molecule has 2 aromatic carbocycles. The van der Waals surface area contributed by atoms with Crippen LogP contribution in [-0.2, 0) is 36.8 Å². The van der Waals surface area contributed by atoms with Crippen molar-refractivity contribution in [1.29, 1.82) is 0 Å². The van der Waals surface area contributed by atoms with Crippen LogP contribution in [0.3, 0.4) is 0 Å². The lowest BCUT2D eigenvalue weighted by atomic mass is 10.0. The van der Waals surface area contributed by atoms with Crippen LogP contribution in [0.15, 0.2) is 60.7 Å². The van der Waals surface area contributed by atoms with Crippen molar-refractivity contribution in [2.24, 2.45) is 11.5 Å². The van der Waals surface area contributed by atoms with Crippen molar-refractivity contribution in [3.05, 3.63) is 71.8 Å². The second kappa shape index (κ2) is 16.9. The predicted molar refractivity (Wildman–Crippen MR) is 153 cm³/mol. The molecule has 11 nitrogen and oxygen atoms in total. The molecule has 0 aliphatic heterocycles. The molecule has 0 aromatic heterocycles. The average molecular weight is 572 g/mol. The molecular weight excluding hydrogens is 534 g/mol. The Labute approximate surface area is 237 Å². The van der Waals surface area contributed by atoms with Crippen molar-refractivity contribution >= 4 is 41.4 Å². The summed E-state index contributed by atoms with van der Waals surface area (Å²) in [6.07, 6.45) is 2.03. The quantitative estimate of drug-likeness (QED) is 0.157. The number of nitrogens with one attached hydrogen (secondary N) is 3. The van der Waals surface area contributed by atoms with Crippen LogP contribution in [0.25, 0.3) is 0 Å². The minimum absolute atomic E-state index is 0.143. The highest BCUT2D eigenvalue weighted by atomic mass is 32.2. The number of hydrogen-bond donors (Lipinski definition) is 6. The summed E-state index contributed by atoms with van der Waals surface area (Å²) in [5, 5.41) is 17.2. The fourth-order valence-corrected chi connectivity index (χ4v) is 4.36. The average Bonchev–Trinajstić information content (AvgIpc) is 2.93. The highest BCUT2D eigenvalue weighted by Crippen LogP contribution is 2.09. The van der Waals surface area contributed by atoms with Crippen molar-refractivity contribution in [3.8, 4) is 0 Å². The number of rotatable bonds is 17. The van der Waals surface area contributed by atoms with E-state index in [1.165, 1.54) is 11.8 Å². The summed E-state index contributed by atoms with van der Waals surface area (Å²) >= 11 is 1.45. The Balaban J connectivity index is 2.18. The summed E-state index contributed by atoms with van der Waals surface area (Å²) in [5.41, 5.74) is 12.9. The maximum absolute atomic E-state index is 13.4.